The van der Waals surface area contributed by atoms with E-state index in [4.69, 9.17) is 0 Å². The van der Waals surface area contributed by atoms with Crippen LogP contribution in [0.3, 0.4) is 0 Å². The number of benzene rings is 2. The molecule has 0 saturated carbocycles. The highest BCUT2D eigenvalue weighted by molar-refractivity contribution is 7.99. The lowest BCUT2D eigenvalue weighted by Gasteiger charge is -2.25. The first-order valence-electron chi connectivity index (χ1n) is 7.10. The van der Waals surface area contributed by atoms with Crippen LogP contribution in [0.25, 0.3) is 11.0 Å². The Morgan fingerprint density at radius 2 is 1.96 bits per heavy atom. The monoisotopic (exact) mass is 363 g/mol. The highest BCUT2D eigenvalue weighted by Gasteiger charge is 2.27. The topological polar surface area (TPSA) is 72.0 Å². The van der Waals surface area contributed by atoms with Crippen molar-refractivity contribution in [2.24, 2.45) is 0 Å². The van der Waals surface area contributed by atoms with E-state index in [0.29, 0.717) is 11.0 Å². The zero-order valence-corrected chi connectivity index (χ0v) is 14.4. The van der Waals surface area contributed by atoms with Crippen molar-refractivity contribution in [3.8, 4) is 0 Å². The number of aromatic nitrogens is 2. The van der Waals surface area contributed by atoms with Crippen LogP contribution >= 0.6 is 23.5 Å². The molecule has 1 atom stereocenters. The normalized spacial score (nSPS) is 18.0. The first-order valence-corrected chi connectivity index (χ1v) is 10.3. The molecule has 0 fully saturated rings. The van der Waals surface area contributed by atoms with Crippen LogP contribution in [0.1, 0.15) is 18.0 Å². The van der Waals surface area contributed by atoms with E-state index in [1.54, 1.807) is 30.0 Å². The molecule has 0 aliphatic carbocycles. The van der Waals surface area contributed by atoms with Gasteiger partial charge < -0.3 is 0 Å². The van der Waals surface area contributed by atoms with E-state index in [1.807, 2.05) is 24.3 Å². The van der Waals surface area contributed by atoms with Crippen molar-refractivity contribution in [3.63, 3.8) is 0 Å². The van der Waals surface area contributed by atoms with Crippen molar-refractivity contribution in [1.29, 1.82) is 0 Å². The van der Waals surface area contributed by atoms with Gasteiger partial charge in [0.25, 0.3) is 0 Å². The molecule has 0 unspecified atom stereocenters. The number of nitrogens with zero attached hydrogens (tertiary/aromatic N) is 2. The zero-order chi connectivity index (χ0) is 15.9. The number of hydrogen-bond donors (Lipinski definition) is 1. The molecule has 5 nitrogen and oxygen atoms in total. The van der Waals surface area contributed by atoms with Crippen molar-refractivity contribution in [2.45, 2.75) is 22.3 Å². The van der Waals surface area contributed by atoms with Crippen LogP contribution in [-0.2, 0) is 10.0 Å². The summed E-state index contributed by atoms with van der Waals surface area (Å²) < 4.78 is 36.8. The van der Waals surface area contributed by atoms with Gasteiger partial charge in [0.05, 0.1) is 11.7 Å². The smallest absolute Gasteiger partial charge is 0.207 e. The summed E-state index contributed by atoms with van der Waals surface area (Å²) >= 11 is 2.78. The lowest BCUT2D eigenvalue weighted by atomic mass is 10.1. The Labute approximate surface area is 142 Å². The van der Waals surface area contributed by atoms with Gasteiger partial charge in [-0.2, -0.15) is 8.75 Å². The van der Waals surface area contributed by atoms with Crippen molar-refractivity contribution >= 4 is 44.5 Å². The molecule has 4 rings (SSSR count). The average molecular weight is 363 g/mol. The summed E-state index contributed by atoms with van der Waals surface area (Å²) in [6.07, 6.45) is 0.770. The fraction of sp³-hybridized carbons (Fsp3) is 0.200. The summed E-state index contributed by atoms with van der Waals surface area (Å²) in [4.78, 5) is 1.33. The molecule has 1 aromatic heterocycles. The summed E-state index contributed by atoms with van der Waals surface area (Å²) in [5, 5.41) is 0. The number of hydrogen-bond acceptors (Lipinski definition) is 6. The predicted molar refractivity (Wildman–Crippen MR) is 92.3 cm³/mol. The van der Waals surface area contributed by atoms with Crippen molar-refractivity contribution in [1.82, 2.24) is 13.5 Å². The summed E-state index contributed by atoms with van der Waals surface area (Å²) in [5.41, 5.74) is 2.08. The standard InChI is InChI=1S/C15H13N3O2S3/c19-23(20,14-7-3-5-12-15(14)17-22-16-12)18-11-8-9-21-13-6-2-1-4-10(11)13/h1-7,11,18H,8-9H2/t11-/m1/s1. The molecule has 0 saturated heterocycles. The van der Waals surface area contributed by atoms with Gasteiger partial charge >= 0.3 is 0 Å². The van der Waals surface area contributed by atoms with E-state index in [0.717, 1.165) is 34.4 Å². The van der Waals surface area contributed by atoms with Crippen molar-refractivity contribution in [3.05, 3.63) is 48.0 Å². The molecule has 0 spiro atoms. The van der Waals surface area contributed by atoms with E-state index >= 15 is 0 Å². The Balaban J connectivity index is 1.73. The second kappa shape index (κ2) is 5.86. The van der Waals surface area contributed by atoms with Crippen molar-refractivity contribution < 1.29 is 8.42 Å². The maximum absolute atomic E-state index is 12.8. The largest absolute Gasteiger partial charge is 0.243 e. The third kappa shape index (κ3) is 2.76. The molecule has 1 N–H and O–H groups in total. The van der Waals surface area contributed by atoms with E-state index in [-0.39, 0.29) is 10.9 Å². The molecule has 0 bridgehead atoms. The first kappa shape index (κ1) is 15.1. The molecule has 2 aromatic carbocycles. The fourth-order valence-electron chi connectivity index (χ4n) is 2.71. The number of thioether (sulfide) groups is 1. The minimum atomic E-state index is -3.65. The molecular weight excluding hydrogens is 350 g/mol. The van der Waals surface area contributed by atoms with Crippen LogP contribution in [-0.4, -0.2) is 22.9 Å². The minimum Gasteiger partial charge on any atom is -0.207 e. The maximum atomic E-state index is 12.8. The maximum Gasteiger partial charge on any atom is 0.243 e. The van der Waals surface area contributed by atoms with Crippen LogP contribution in [0.2, 0.25) is 0 Å². The van der Waals surface area contributed by atoms with E-state index in [2.05, 4.69) is 13.5 Å². The highest BCUT2D eigenvalue weighted by atomic mass is 32.2. The van der Waals surface area contributed by atoms with Crippen LogP contribution in [0, 0.1) is 0 Å². The van der Waals surface area contributed by atoms with Gasteiger partial charge in [-0.15, -0.1) is 11.8 Å². The average Bonchev–Trinajstić information content (AvgIpc) is 3.03. The van der Waals surface area contributed by atoms with Crippen LogP contribution in [0.5, 0.6) is 0 Å². The predicted octanol–water partition coefficient (Wildman–Crippen LogP) is 3.21. The molecule has 3 aromatic rings. The van der Waals surface area contributed by atoms with Gasteiger partial charge in [0.1, 0.15) is 15.9 Å². The lowest BCUT2D eigenvalue weighted by molar-refractivity contribution is 0.546. The summed E-state index contributed by atoms with van der Waals surface area (Å²) in [6.45, 7) is 0. The molecule has 1 aliphatic rings. The van der Waals surface area contributed by atoms with Gasteiger partial charge in [-0.05, 0) is 35.9 Å². The summed E-state index contributed by atoms with van der Waals surface area (Å²) in [7, 11) is -3.65. The molecule has 1 aliphatic heterocycles. The molecule has 118 valence electrons. The van der Waals surface area contributed by atoms with Crippen LogP contribution < -0.4 is 4.72 Å². The molecular formula is C15H13N3O2S3. The third-order valence-electron chi connectivity index (χ3n) is 3.79. The van der Waals surface area contributed by atoms with Gasteiger partial charge in [-0.1, -0.05) is 24.3 Å². The van der Waals surface area contributed by atoms with Gasteiger partial charge in [0.2, 0.25) is 10.0 Å². The van der Waals surface area contributed by atoms with Gasteiger partial charge in [-0.25, -0.2) is 13.1 Å². The summed E-state index contributed by atoms with van der Waals surface area (Å²) in [6, 6.07) is 12.8. The molecule has 8 heteroatoms. The lowest BCUT2D eigenvalue weighted by Crippen LogP contribution is -2.30. The molecule has 2 heterocycles. The van der Waals surface area contributed by atoms with Gasteiger partial charge in [0, 0.05) is 10.9 Å². The Bertz CT molecular complexity index is 969. The zero-order valence-electron chi connectivity index (χ0n) is 12.0. The fourth-order valence-corrected chi connectivity index (χ4v) is 5.85. The van der Waals surface area contributed by atoms with E-state index in [9.17, 15) is 8.42 Å². The highest BCUT2D eigenvalue weighted by Crippen LogP contribution is 2.36. The molecule has 23 heavy (non-hydrogen) atoms. The molecule has 0 amide bonds. The number of nitrogens with one attached hydrogen (secondary N) is 1. The quantitative estimate of drug-likeness (QED) is 0.774. The SMILES string of the molecule is O=S(=O)(N[C@@H]1CCSc2ccccc21)c1cccc2nsnc12. The summed E-state index contributed by atoms with van der Waals surface area (Å²) in [5.74, 6) is 0.895. The Hall–Kier alpha value is -1.48. The number of sulfonamides is 1. The van der Waals surface area contributed by atoms with Crippen molar-refractivity contribution in [2.75, 3.05) is 5.75 Å². The number of rotatable bonds is 3. The third-order valence-corrected chi connectivity index (χ3v) is 6.96. The minimum absolute atomic E-state index is 0.194. The second-order valence-corrected chi connectivity index (χ2v) is 8.58. The van der Waals surface area contributed by atoms with Crippen LogP contribution in [0.15, 0.2) is 52.3 Å². The number of fused-ring (bicyclic) bond motifs is 2. The van der Waals surface area contributed by atoms with E-state index in [1.165, 1.54) is 0 Å². The van der Waals surface area contributed by atoms with Gasteiger partial charge in [-0.3, -0.25) is 0 Å². The second-order valence-electron chi connectivity index (χ2n) is 5.24. The molecule has 0 radical (unpaired) electrons. The Morgan fingerprint density at radius 3 is 2.87 bits per heavy atom. The Kier molecular flexibility index (Phi) is 3.84. The van der Waals surface area contributed by atoms with Gasteiger partial charge in [0.15, 0.2) is 0 Å². The first-order chi connectivity index (χ1) is 11.1. The van der Waals surface area contributed by atoms with E-state index < -0.39 is 10.0 Å². The van der Waals surface area contributed by atoms with Crippen LogP contribution in [0.4, 0.5) is 0 Å². The Morgan fingerprint density at radius 1 is 1.09 bits per heavy atom.